The zero-order chi connectivity index (χ0) is 32.9. The van der Waals surface area contributed by atoms with Gasteiger partial charge in [0.25, 0.3) is 5.91 Å². The number of rotatable bonds is 6. The van der Waals surface area contributed by atoms with Gasteiger partial charge in [-0.25, -0.2) is 19.6 Å². The second-order valence-electron chi connectivity index (χ2n) is 11.8. The summed E-state index contributed by atoms with van der Waals surface area (Å²) in [7, 11) is 0. The number of anilines is 2. The van der Waals surface area contributed by atoms with E-state index < -0.39 is 35.4 Å². The lowest BCUT2D eigenvalue weighted by Gasteiger charge is -2.34. The van der Waals surface area contributed by atoms with Gasteiger partial charge in [0.1, 0.15) is 5.60 Å². The molecule has 0 bridgehead atoms. The first-order valence-corrected chi connectivity index (χ1v) is 14.3. The fourth-order valence-electron chi connectivity index (χ4n) is 4.75. The normalized spacial score (nSPS) is 15.3. The number of piperidine rings is 1. The number of benzene rings is 2. The van der Waals surface area contributed by atoms with Gasteiger partial charge < -0.3 is 31.3 Å². The minimum Gasteiger partial charge on any atom is -0.444 e. The standard InChI is InChI=1S/C31H36F3N7O4/c1-18-10-11-21(14-23(18)31(32,33)34)39-28(43)37-15-19-7-5-8-20(13-19)24-16-36-26(35)25(40-24)27(42)38-22-9-6-12-41(17-22)29(44)45-30(2,3)4/h5,7-8,10-11,13-14,16,22H,6,9,12,15,17H2,1-4H3,(H2,35,36)(H,38,42)(H2,37,39,43)/t22-/m0/s1. The first-order valence-electron chi connectivity index (χ1n) is 14.3. The Labute approximate surface area is 258 Å². The second kappa shape index (κ2) is 13.4. The van der Waals surface area contributed by atoms with E-state index in [1.165, 1.54) is 25.3 Å². The van der Waals surface area contributed by atoms with Crippen LogP contribution >= 0.6 is 0 Å². The van der Waals surface area contributed by atoms with E-state index in [9.17, 15) is 27.6 Å². The van der Waals surface area contributed by atoms with Gasteiger partial charge >= 0.3 is 18.3 Å². The molecule has 0 unspecified atom stereocenters. The molecule has 1 saturated heterocycles. The number of alkyl halides is 3. The molecule has 2 aromatic carbocycles. The van der Waals surface area contributed by atoms with Crippen LogP contribution in [-0.4, -0.2) is 57.6 Å². The number of amides is 4. The Morgan fingerprint density at radius 1 is 1.11 bits per heavy atom. The van der Waals surface area contributed by atoms with Crippen molar-refractivity contribution in [2.24, 2.45) is 0 Å². The van der Waals surface area contributed by atoms with Crippen molar-refractivity contribution in [2.75, 3.05) is 24.1 Å². The third kappa shape index (κ3) is 9.06. The van der Waals surface area contributed by atoms with Crippen LogP contribution in [0.5, 0.6) is 0 Å². The number of nitrogens with one attached hydrogen (secondary N) is 3. The SMILES string of the molecule is Cc1ccc(NC(=O)NCc2cccc(-c3cnc(N)c(C(=O)N[C@H]4CCCN(C(=O)OC(C)(C)C)C4)n3)c2)cc1C(F)(F)F. The van der Waals surface area contributed by atoms with Gasteiger partial charge in [-0.05, 0) is 69.9 Å². The van der Waals surface area contributed by atoms with Crippen molar-refractivity contribution in [3.8, 4) is 11.3 Å². The minimum absolute atomic E-state index is 0.00732. The highest BCUT2D eigenvalue weighted by Gasteiger charge is 2.33. The van der Waals surface area contributed by atoms with E-state index in [0.29, 0.717) is 36.2 Å². The van der Waals surface area contributed by atoms with Gasteiger partial charge in [-0.2, -0.15) is 13.2 Å². The monoisotopic (exact) mass is 627 g/mol. The van der Waals surface area contributed by atoms with Crippen LogP contribution in [0.25, 0.3) is 11.3 Å². The third-order valence-electron chi connectivity index (χ3n) is 6.90. The molecule has 2 heterocycles. The zero-order valence-corrected chi connectivity index (χ0v) is 25.4. The highest BCUT2D eigenvalue weighted by Crippen LogP contribution is 2.33. The summed E-state index contributed by atoms with van der Waals surface area (Å²) in [5.74, 6) is -0.590. The predicted molar refractivity (Wildman–Crippen MR) is 162 cm³/mol. The Bertz CT molecular complexity index is 1570. The number of likely N-dealkylation sites (tertiary alicyclic amines) is 1. The lowest BCUT2D eigenvalue weighted by atomic mass is 10.1. The Hall–Kier alpha value is -4.88. The smallest absolute Gasteiger partial charge is 0.416 e. The molecule has 1 fully saturated rings. The first kappa shape index (κ1) is 33.0. The van der Waals surface area contributed by atoms with Crippen molar-refractivity contribution in [1.82, 2.24) is 25.5 Å². The maximum Gasteiger partial charge on any atom is 0.416 e. The summed E-state index contributed by atoms with van der Waals surface area (Å²) in [4.78, 5) is 48.2. The topological polar surface area (TPSA) is 152 Å². The van der Waals surface area contributed by atoms with Crippen molar-refractivity contribution in [1.29, 1.82) is 0 Å². The van der Waals surface area contributed by atoms with Gasteiger partial charge in [-0.1, -0.05) is 24.3 Å². The maximum absolute atomic E-state index is 13.2. The number of carbonyl (C=O) groups is 3. The minimum atomic E-state index is -4.54. The number of aromatic nitrogens is 2. The summed E-state index contributed by atoms with van der Waals surface area (Å²) in [5, 5.41) is 7.93. The molecular weight excluding hydrogens is 591 g/mol. The van der Waals surface area contributed by atoms with Crippen molar-refractivity contribution in [2.45, 2.75) is 64.9 Å². The fourth-order valence-corrected chi connectivity index (χ4v) is 4.75. The molecule has 45 heavy (non-hydrogen) atoms. The molecule has 1 atom stereocenters. The Balaban J connectivity index is 1.39. The number of nitrogens with two attached hydrogens (primary N) is 1. The summed E-state index contributed by atoms with van der Waals surface area (Å²) in [5.41, 5.74) is 6.15. The van der Waals surface area contributed by atoms with Crippen LogP contribution in [0.2, 0.25) is 0 Å². The Morgan fingerprint density at radius 2 is 1.87 bits per heavy atom. The summed E-state index contributed by atoms with van der Waals surface area (Å²) in [6.45, 7) is 7.58. The van der Waals surface area contributed by atoms with E-state index in [0.717, 1.165) is 6.07 Å². The number of hydrogen-bond donors (Lipinski definition) is 4. The van der Waals surface area contributed by atoms with E-state index in [2.05, 4.69) is 25.9 Å². The molecule has 4 rings (SSSR count). The van der Waals surface area contributed by atoms with Crippen molar-refractivity contribution >= 4 is 29.5 Å². The van der Waals surface area contributed by atoms with Gasteiger partial charge in [-0.3, -0.25) is 4.79 Å². The van der Waals surface area contributed by atoms with Crippen LogP contribution in [0, 0.1) is 6.92 Å². The largest absolute Gasteiger partial charge is 0.444 e. The summed E-state index contributed by atoms with van der Waals surface area (Å²) < 4.78 is 45.1. The summed E-state index contributed by atoms with van der Waals surface area (Å²) in [6.07, 6.45) is -2.22. The van der Waals surface area contributed by atoms with E-state index in [1.807, 2.05) is 0 Å². The zero-order valence-electron chi connectivity index (χ0n) is 25.4. The quantitative estimate of drug-likeness (QED) is 0.282. The van der Waals surface area contributed by atoms with E-state index in [1.54, 1.807) is 49.9 Å². The number of urea groups is 1. The molecule has 3 aromatic rings. The van der Waals surface area contributed by atoms with Gasteiger partial charge in [0, 0.05) is 36.9 Å². The van der Waals surface area contributed by atoms with E-state index in [-0.39, 0.29) is 41.9 Å². The van der Waals surface area contributed by atoms with Crippen LogP contribution in [0.1, 0.15) is 60.8 Å². The molecular formula is C31H36F3N7O4. The molecule has 4 amide bonds. The maximum atomic E-state index is 13.2. The molecule has 1 aliphatic rings. The summed E-state index contributed by atoms with van der Waals surface area (Å²) in [6, 6.07) is 9.50. The Kier molecular flexibility index (Phi) is 9.84. The molecule has 1 aliphatic heterocycles. The number of nitrogen functional groups attached to an aromatic ring is 1. The van der Waals surface area contributed by atoms with Crippen LogP contribution in [0.4, 0.5) is 34.3 Å². The fraction of sp³-hybridized carbons (Fsp3) is 0.387. The molecule has 240 valence electrons. The molecule has 0 spiro atoms. The average molecular weight is 628 g/mol. The lowest BCUT2D eigenvalue weighted by Crippen LogP contribution is -2.50. The van der Waals surface area contributed by atoms with E-state index in [4.69, 9.17) is 10.5 Å². The average Bonchev–Trinajstić information content (AvgIpc) is 2.96. The van der Waals surface area contributed by atoms with Gasteiger partial charge in [-0.15, -0.1) is 0 Å². The second-order valence-corrected chi connectivity index (χ2v) is 11.8. The molecule has 1 aromatic heterocycles. The number of hydrogen-bond acceptors (Lipinski definition) is 7. The molecule has 14 heteroatoms. The summed E-state index contributed by atoms with van der Waals surface area (Å²) >= 11 is 0. The molecule has 11 nitrogen and oxygen atoms in total. The van der Waals surface area contributed by atoms with Crippen LogP contribution in [0.15, 0.2) is 48.7 Å². The van der Waals surface area contributed by atoms with Gasteiger partial charge in [0.15, 0.2) is 11.5 Å². The van der Waals surface area contributed by atoms with Gasteiger partial charge in [0.2, 0.25) is 0 Å². The number of aryl methyl sites for hydroxylation is 1. The van der Waals surface area contributed by atoms with Crippen LogP contribution in [-0.2, 0) is 17.5 Å². The first-order chi connectivity index (χ1) is 21.1. The highest BCUT2D eigenvalue weighted by molar-refractivity contribution is 5.97. The van der Waals surface area contributed by atoms with E-state index >= 15 is 0 Å². The van der Waals surface area contributed by atoms with Gasteiger partial charge in [0.05, 0.1) is 17.5 Å². The number of ether oxygens (including phenoxy) is 1. The molecule has 0 radical (unpaired) electrons. The highest BCUT2D eigenvalue weighted by atomic mass is 19.4. The molecule has 0 aliphatic carbocycles. The van der Waals surface area contributed by atoms with Crippen molar-refractivity contribution in [3.05, 3.63) is 71.0 Å². The van der Waals surface area contributed by atoms with Crippen LogP contribution in [0.3, 0.4) is 0 Å². The molecule has 5 N–H and O–H groups in total. The Morgan fingerprint density at radius 3 is 2.58 bits per heavy atom. The number of carbonyl (C=O) groups excluding carboxylic acids is 3. The lowest BCUT2D eigenvalue weighted by molar-refractivity contribution is -0.138. The predicted octanol–water partition coefficient (Wildman–Crippen LogP) is 5.50. The van der Waals surface area contributed by atoms with Crippen molar-refractivity contribution in [3.63, 3.8) is 0 Å². The number of halogens is 3. The number of nitrogens with zero attached hydrogens (tertiary/aromatic N) is 3. The third-order valence-corrected chi connectivity index (χ3v) is 6.90. The molecule has 0 saturated carbocycles. The van der Waals surface area contributed by atoms with Crippen molar-refractivity contribution < 1.29 is 32.3 Å². The van der Waals surface area contributed by atoms with Crippen LogP contribution < -0.4 is 21.7 Å².